The Hall–Kier alpha value is -3.41. The number of carbonyl (C=O) groups is 1. The molecule has 0 aliphatic rings. The van der Waals surface area contributed by atoms with Crippen LogP contribution < -0.4 is 5.32 Å². The maximum atomic E-state index is 12.6. The molecule has 1 amide bonds. The van der Waals surface area contributed by atoms with E-state index in [4.69, 9.17) is 0 Å². The van der Waals surface area contributed by atoms with Gasteiger partial charge in [0.15, 0.2) is 0 Å². The van der Waals surface area contributed by atoms with Gasteiger partial charge in [-0.25, -0.2) is 0 Å². The lowest BCUT2D eigenvalue weighted by Crippen LogP contribution is -2.28. The normalized spacial score (nSPS) is 12.2. The van der Waals surface area contributed by atoms with Gasteiger partial charge >= 0.3 is 0 Å². The van der Waals surface area contributed by atoms with Crippen molar-refractivity contribution in [2.45, 2.75) is 25.9 Å². The Kier molecular flexibility index (Phi) is 4.70. The first-order valence-corrected chi connectivity index (χ1v) is 9.03. The number of hydrogen-bond acceptors (Lipinski definition) is 3. The molecular formula is C21H21N5O. The van der Waals surface area contributed by atoms with Crippen LogP contribution in [0.15, 0.2) is 67.1 Å². The van der Waals surface area contributed by atoms with Crippen molar-refractivity contribution in [1.29, 1.82) is 0 Å². The van der Waals surface area contributed by atoms with Crippen LogP contribution in [0.2, 0.25) is 0 Å². The Morgan fingerprint density at radius 3 is 2.81 bits per heavy atom. The van der Waals surface area contributed by atoms with Gasteiger partial charge < -0.3 is 9.88 Å². The number of aromatic nitrogens is 4. The lowest BCUT2D eigenvalue weighted by molar-refractivity contribution is 0.0930. The van der Waals surface area contributed by atoms with Gasteiger partial charge in [0.05, 0.1) is 18.3 Å². The molecule has 0 aliphatic heterocycles. The van der Waals surface area contributed by atoms with Crippen LogP contribution >= 0.6 is 0 Å². The van der Waals surface area contributed by atoms with Crippen LogP contribution in [0, 0.1) is 0 Å². The molecule has 0 spiro atoms. The minimum atomic E-state index is -0.182. The summed E-state index contributed by atoms with van der Waals surface area (Å²) < 4.78 is 2.14. The first-order valence-electron chi connectivity index (χ1n) is 9.03. The zero-order valence-electron chi connectivity index (χ0n) is 15.1. The largest absolute Gasteiger partial charge is 0.344 e. The zero-order chi connectivity index (χ0) is 18.6. The molecule has 3 heterocycles. The van der Waals surface area contributed by atoms with Crippen molar-refractivity contribution >= 4 is 16.8 Å². The van der Waals surface area contributed by atoms with E-state index in [1.54, 1.807) is 12.4 Å². The van der Waals surface area contributed by atoms with Crippen molar-refractivity contribution in [1.82, 2.24) is 25.1 Å². The first-order chi connectivity index (χ1) is 13.2. The Morgan fingerprint density at radius 1 is 1.19 bits per heavy atom. The summed E-state index contributed by atoms with van der Waals surface area (Å²) in [6.07, 6.45) is 6.31. The predicted octanol–water partition coefficient (Wildman–Crippen LogP) is 3.69. The highest BCUT2D eigenvalue weighted by Gasteiger charge is 2.16. The fraction of sp³-hybridized carbons (Fsp3) is 0.190. The molecule has 2 N–H and O–H groups in total. The minimum absolute atomic E-state index is 0.0611. The molecule has 4 rings (SSSR count). The maximum absolute atomic E-state index is 12.6. The predicted molar refractivity (Wildman–Crippen MR) is 104 cm³/mol. The Morgan fingerprint density at radius 2 is 2.00 bits per heavy atom. The Labute approximate surface area is 157 Å². The number of nitrogens with zero attached hydrogens (tertiary/aromatic N) is 3. The van der Waals surface area contributed by atoms with Gasteiger partial charge in [-0.1, -0.05) is 25.1 Å². The third kappa shape index (κ3) is 3.60. The monoisotopic (exact) mass is 359 g/mol. The van der Waals surface area contributed by atoms with E-state index in [1.165, 1.54) is 5.39 Å². The average molecular weight is 359 g/mol. The molecule has 6 heteroatoms. The molecule has 0 radical (unpaired) electrons. The van der Waals surface area contributed by atoms with Gasteiger partial charge in [-0.3, -0.25) is 14.9 Å². The minimum Gasteiger partial charge on any atom is -0.344 e. The summed E-state index contributed by atoms with van der Waals surface area (Å²) in [7, 11) is 0. The van der Waals surface area contributed by atoms with E-state index in [9.17, 15) is 4.79 Å². The van der Waals surface area contributed by atoms with E-state index in [-0.39, 0.29) is 11.9 Å². The summed E-state index contributed by atoms with van der Waals surface area (Å²) >= 11 is 0. The topological polar surface area (TPSA) is 75.6 Å². The number of benzene rings is 1. The number of H-pyrrole nitrogens is 1. The summed E-state index contributed by atoms with van der Waals surface area (Å²) in [5, 5.41) is 11.4. The van der Waals surface area contributed by atoms with E-state index < -0.39 is 0 Å². The summed E-state index contributed by atoms with van der Waals surface area (Å²) in [4.78, 5) is 16.6. The van der Waals surface area contributed by atoms with Gasteiger partial charge in [0.1, 0.15) is 5.69 Å². The van der Waals surface area contributed by atoms with Crippen LogP contribution in [0.4, 0.5) is 0 Å². The van der Waals surface area contributed by atoms with Gasteiger partial charge in [0.25, 0.3) is 5.91 Å². The molecule has 0 saturated carbocycles. The number of nitrogens with one attached hydrogen (secondary N) is 2. The van der Waals surface area contributed by atoms with Gasteiger partial charge in [-0.2, -0.15) is 5.10 Å². The Bertz CT molecular complexity index is 1050. The molecule has 27 heavy (non-hydrogen) atoms. The molecule has 4 aromatic rings. The van der Waals surface area contributed by atoms with Crippen molar-refractivity contribution in [2.75, 3.05) is 0 Å². The van der Waals surface area contributed by atoms with E-state index in [0.29, 0.717) is 12.2 Å². The van der Waals surface area contributed by atoms with Crippen molar-refractivity contribution in [3.63, 3.8) is 0 Å². The van der Waals surface area contributed by atoms with Crippen LogP contribution in [0.5, 0.6) is 0 Å². The van der Waals surface area contributed by atoms with E-state index >= 15 is 0 Å². The number of amides is 1. The molecule has 136 valence electrons. The van der Waals surface area contributed by atoms with Crippen molar-refractivity contribution in [2.24, 2.45) is 0 Å². The van der Waals surface area contributed by atoms with Crippen molar-refractivity contribution < 1.29 is 4.79 Å². The average Bonchev–Trinajstić information content (AvgIpc) is 3.35. The van der Waals surface area contributed by atoms with Crippen molar-refractivity contribution in [3.8, 4) is 0 Å². The summed E-state index contributed by atoms with van der Waals surface area (Å²) in [6, 6.07) is 15.9. The SMILES string of the molecule is CCC(NC(=O)c1cc(Cn2ccc3ccccc32)[nH]n1)c1ccncc1. The molecule has 0 bridgehead atoms. The zero-order valence-corrected chi connectivity index (χ0v) is 15.1. The molecular weight excluding hydrogens is 338 g/mol. The van der Waals surface area contributed by atoms with Gasteiger partial charge in [-0.05, 0) is 47.7 Å². The number of carbonyl (C=O) groups excluding carboxylic acids is 1. The lowest BCUT2D eigenvalue weighted by atomic mass is 10.1. The highest BCUT2D eigenvalue weighted by molar-refractivity contribution is 5.92. The third-order valence-electron chi connectivity index (χ3n) is 4.71. The van der Waals surface area contributed by atoms with Crippen LogP contribution in [0.1, 0.15) is 41.1 Å². The van der Waals surface area contributed by atoms with E-state index in [0.717, 1.165) is 23.2 Å². The molecule has 1 aromatic carbocycles. The summed E-state index contributed by atoms with van der Waals surface area (Å²) in [6.45, 7) is 2.67. The molecule has 1 atom stereocenters. The van der Waals surface area contributed by atoms with E-state index in [1.807, 2.05) is 43.5 Å². The fourth-order valence-electron chi connectivity index (χ4n) is 3.27. The molecule has 1 unspecified atom stereocenters. The standard InChI is InChI=1S/C21H21N5O/c1-2-18(15-7-10-22-11-8-15)23-21(27)19-13-17(24-25-19)14-26-12-9-16-5-3-4-6-20(16)26/h3-13,18H,2,14H2,1H3,(H,23,27)(H,24,25). The lowest BCUT2D eigenvalue weighted by Gasteiger charge is -2.16. The maximum Gasteiger partial charge on any atom is 0.272 e. The fourth-order valence-corrected chi connectivity index (χ4v) is 3.27. The second kappa shape index (κ2) is 7.45. The summed E-state index contributed by atoms with van der Waals surface area (Å²) in [5.74, 6) is -0.182. The molecule has 6 nitrogen and oxygen atoms in total. The van der Waals surface area contributed by atoms with Gasteiger partial charge in [-0.15, -0.1) is 0 Å². The number of rotatable bonds is 6. The van der Waals surface area contributed by atoms with Gasteiger partial charge in [0.2, 0.25) is 0 Å². The number of hydrogen-bond donors (Lipinski definition) is 2. The van der Waals surface area contributed by atoms with E-state index in [2.05, 4.69) is 43.3 Å². The second-order valence-electron chi connectivity index (χ2n) is 6.50. The first kappa shape index (κ1) is 17.0. The highest BCUT2D eigenvalue weighted by Crippen LogP contribution is 2.18. The molecule has 0 saturated heterocycles. The quantitative estimate of drug-likeness (QED) is 0.551. The third-order valence-corrected chi connectivity index (χ3v) is 4.71. The van der Waals surface area contributed by atoms with Gasteiger partial charge in [0, 0.05) is 24.1 Å². The molecule has 0 aliphatic carbocycles. The van der Waals surface area contributed by atoms with Crippen LogP contribution in [0.25, 0.3) is 10.9 Å². The number of pyridine rings is 1. The number of fused-ring (bicyclic) bond motifs is 1. The van der Waals surface area contributed by atoms with Crippen LogP contribution in [-0.4, -0.2) is 25.7 Å². The Balaban J connectivity index is 1.48. The second-order valence-corrected chi connectivity index (χ2v) is 6.50. The number of aromatic amines is 1. The van der Waals surface area contributed by atoms with Crippen LogP contribution in [0.3, 0.4) is 0 Å². The highest BCUT2D eigenvalue weighted by atomic mass is 16.2. The van der Waals surface area contributed by atoms with Crippen LogP contribution in [-0.2, 0) is 6.54 Å². The molecule has 0 fully saturated rings. The van der Waals surface area contributed by atoms with Crippen molar-refractivity contribution in [3.05, 3.63) is 84.1 Å². The molecule has 3 aromatic heterocycles. The summed E-state index contributed by atoms with van der Waals surface area (Å²) in [5.41, 5.74) is 3.48. The number of para-hydroxylation sites is 1. The smallest absolute Gasteiger partial charge is 0.272 e.